The number of nitrogens with zero attached hydrogens (tertiary/aromatic N) is 1. The maximum absolute atomic E-state index is 6.01. The van der Waals surface area contributed by atoms with Crippen molar-refractivity contribution >= 4 is 34.0 Å². The third-order valence-electron chi connectivity index (χ3n) is 1.99. The Morgan fingerprint density at radius 2 is 1.85 bits per heavy atom. The number of pyridine rings is 1. The predicted octanol–water partition coefficient (Wildman–Crippen LogP) is 3.85. The SMILES string of the molecule is Cc1cncc2c(Cl)cc(Cl)cc12. The van der Waals surface area contributed by atoms with E-state index in [1.807, 2.05) is 13.0 Å². The van der Waals surface area contributed by atoms with Gasteiger partial charge in [-0.3, -0.25) is 4.98 Å². The molecule has 0 aliphatic rings. The van der Waals surface area contributed by atoms with E-state index in [4.69, 9.17) is 23.2 Å². The van der Waals surface area contributed by atoms with E-state index in [1.165, 1.54) is 0 Å². The Morgan fingerprint density at radius 1 is 1.08 bits per heavy atom. The normalized spacial score (nSPS) is 10.7. The molecule has 1 heterocycles. The van der Waals surface area contributed by atoms with Crippen LogP contribution < -0.4 is 0 Å². The Balaban J connectivity index is 2.94. The molecule has 0 spiro atoms. The van der Waals surface area contributed by atoms with Crippen LogP contribution in [0.1, 0.15) is 5.56 Å². The Hall–Kier alpha value is -0.790. The summed E-state index contributed by atoms with van der Waals surface area (Å²) in [4.78, 5) is 4.08. The highest BCUT2D eigenvalue weighted by Gasteiger charge is 2.03. The maximum Gasteiger partial charge on any atom is 0.0514 e. The molecule has 0 saturated heterocycles. The second-order valence-electron chi connectivity index (χ2n) is 2.94. The molecule has 0 saturated carbocycles. The van der Waals surface area contributed by atoms with Crippen LogP contribution in [-0.4, -0.2) is 4.98 Å². The van der Waals surface area contributed by atoms with Crippen molar-refractivity contribution in [2.24, 2.45) is 0 Å². The van der Waals surface area contributed by atoms with Crippen LogP contribution in [0.4, 0.5) is 0 Å². The first-order valence-corrected chi connectivity index (χ1v) is 4.63. The lowest BCUT2D eigenvalue weighted by Gasteiger charge is -2.03. The molecule has 0 aliphatic heterocycles. The van der Waals surface area contributed by atoms with Gasteiger partial charge in [-0.25, -0.2) is 0 Å². The van der Waals surface area contributed by atoms with Crippen molar-refractivity contribution in [3.63, 3.8) is 0 Å². The first-order valence-electron chi connectivity index (χ1n) is 3.88. The minimum absolute atomic E-state index is 0.652. The van der Waals surface area contributed by atoms with Gasteiger partial charge in [-0.05, 0) is 30.0 Å². The van der Waals surface area contributed by atoms with Gasteiger partial charge >= 0.3 is 0 Å². The molecule has 0 fully saturated rings. The van der Waals surface area contributed by atoms with Crippen molar-refractivity contribution in [2.45, 2.75) is 6.92 Å². The van der Waals surface area contributed by atoms with E-state index < -0.39 is 0 Å². The zero-order chi connectivity index (χ0) is 9.42. The van der Waals surface area contributed by atoms with Crippen LogP contribution in [0, 0.1) is 6.92 Å². The number of hydrogen-bond donors (Lipinski definition) is 0. The standard InChI is InChI=1S/C10H7Cl2N/c1-6-4-13-5-9-8(6)2-7(11)3-10(9)12/h2-5H,1H3. The van der Waals surface area contributed by atoms with Crippen LogP contribution in [0.15, 0.2) is 24.5 Å². The van der Waals surface area contributed by atoms with Crippen molar-refractivity contribution in [1.29, 1.82) is 0 Å². The third-order valence-corrected chi connectivity index (χ3v) is 2.52. The Kier molecular flexibility index (Phi) is 2.14. The molecule has 1 aromatic heterocycles. The highest BCUT2D eigenvalue weighted by Crippen LogP contribution is 2.28. The zero-order valence-corrected chi connectivity index (χ0v) is 8.52. The zero-order valence-electron chi connectivity index (χ0n) is 7.01. The number of rotatable bonds is 0. The molecule has 0 unspecified atom stereocenters. The van der Waals surface area contributed by atoms with Crippen LogP contribution in [-0.2, 0) is 0 Å². The van der Waals surface area contributed by atoms with E-state index >= 15 is 0 Å². The first-order chi connectivity index (χ1) is 6.18. The molecular weight excluding hydrogens is 205 g/mol. The van der Waals surface area contributed by atoms with Gasteiger partial charge in [0.15, 0.2) is 0 Å². The molecule has 0 aliphatic carbocycles. The molecule has 0 amide bonds. The molecule has 0 atom stereocenters. The van der Waals surface area contributed by atoms with E-state index in [9.17, 15) is 0 Å². The Bertz CT molecular complexity index is 466. The maximum atomic E-state index is 6.01. The number of hydrogen-bond acceptors (Lipinski definition) is 1. The summed E-state index contributed by atoms with van der Waals surface area (Å²) in [6, 6.07) is 3.63. The second kappa shape index (κ2) is 3.17. The van der Waals surface area contributed by atoms with E-state index in [0.29, 0.717) is 10.0 Å². The van der Waals surface area contributed by atoms with Gasteiger partial charge in [0.1, 0.15) is 0 Å². The largest absolute Gasteiger partial charge is 0.264 e. The molecule has 13 heavy (non-hydrogen) atoms. The fourth-order valence-corrected chi connectivity index (χ4v) is 1.88. The summed E-state index contributed by atoms with van der Waals surface area (Å²) >= 11 is 11.9. The van der Waals surface area contributed by atoms with Crippen LogP contribution >= 0.6 is 23.2 Å². The average molecular weight is 212 g/mol. The van der Waals surface area contributed by atoms with E-state index in [-0.39, 0.29) is 0 Å². The van der Waals surface area contributed by atoms with Crippen LogP contribution in [0.2, 0.25) is 10.0 Å². The monoisotopic (exact) mass is 211 g/mol. The number of aromatic nitrogens is 1. The fraction of sp³-hybridized carbons (Fsp3) is 0.100. The van der Waals surface area contributed by atoms with Gasteiger partial charge < -0.3 is 0 Å². The lowest BCUT2D eigenvalue weighted by atomic mass is 10.1. The van der Waals surface area contributed by atoms with Gasteiger partial charge in [0.05, 0.1) is 5.02 Å². The van der Waals surface area contributed by atoms with Gasteiger partial charge in [0.2, 0.25) is 0 Å². The highest BCUT2D eigenvalue weighted by atomic mass is 35.5. The third kappa shape index (κ3) is 1.50. The van der Waals surface area contributed by atoms with Gasteiger partial charge in [0, 0.05) is 22.8 Å². The minimum atomic E-state index is 0.652. The van der Waals surface area contributed by atoms with Gasteiger partial charge in [0.25, 0.3) is 0 Å². The van der Waals surface area contributed by atoms with Gasteiger partial charge in [-0.15, -0.1) is 0 Å². The fourth-order valence-electron chi connectivity index (χ4n) is 1.34. The van der Waals surface area contributed by atoms with E-state index in [0.717, 1.165) is 16.3 Å². The number of benzene rings is 1. The summed E-state index contributed by atoms with van der Waals surface area (Å²) in [6.07, 6.45) is 3.55. The molecule has 1 aromatic carbocycles. The molecule has 3 heteroatoms. The summed E-state index contributed by atoms with van der Waals surface area (Å²) in [5.41, 5.74) is 1.09. The quantitative estimate of drug-likeness (QED) is 0.646. The molecule has 0 N–H and O–H groups in total. The van der Waals surface area contributed by atoms with Crippen molar-refractivity contribution in [3.05, 3.63) is 40.1 Å². The molecule has 2 rings (SSSR count). The van der Waals surface area contributed by atoms with Crippen molar-refractivity contribution in [2.75, 3.05) is 0 Å². The minimum Gasteiger partial charge on any atom is -0.264 e. The summed E-state index contributed by atoms with van der Waals surface area (Å²) < 4.78 is 0. The smallest absolute Gasteiger partial charge is 0.0514 e. The summed E-state index contributed by atoms with van der Waals surface area (Å²) in [6.45, 7) is 1.99. The lowest BCUT2D eigenvalue weighted by Crippen LogP contribution is -1.82. The van der Waals surface area contributed by atoms with Gasteiger partial charge in [-0.1, -0.05) is 23.2 Å². The predicted molar refractivity (Wildman–Crippen MR) is 56.5 cm³/mol. The molecule has 0 radical (unpaired) electrons. The van der Waals surface area contributed by atoms with Crippen molar-refractivity contribution in [3.8, 4) is 0 Å². The highest BCUT2D eigenvalue weighted by molar-refractivity contribution is 6.38. The molecule has 66 valence electrons. The molecule has 0 bridgehead atoms. The number of fused-ring (bicyclic) bond motifs is 1. The molecule has 1 nitrogen and oxygen atoms in total. The second-order valence-corrected chi connectivity index (χ2v) is 3.78. The lowest BCUT2D eigenvalue weighted by molar-refractivity contribution is 1.31. The Labute approximate surface area is 86.3 Å². The molecular formula is C10H7Cl2N. The topological polar surface area (TPSA) is 12.9 Å². The van der Waals surface area contributed by atoms with E-state index in [1.54, 1.807) is 18.5 Å². The van der Waals surface area contributed by atoms with Crippen LogP contribution in [0.25, 0.3) is 10.8 Å². The van der Waals surface area contributed by atoms with Crippen LogP contribution in [0.5, 0.6) is 0 Å². The first kappa shape index (κ1) is 8.79. The summed E-state index contributed by atoms with van der Waals surface area (Å²) in [5, 5.41) is 3.32. The van der Waals surface area contributed by atoms with Crippen LogP contribution in [0.3, 0.4) is 0 Å². The van der Waals surface area contributed by atoms with Crippen molar-refractivity contribution < 1.29 is 0 Å². The number of halogens is 2. The Morgan fingerprint density at radius 3 is 2.62 bits per heavy atom. The number of aryl methyl sites for hydroxylation is 1. The average Bonchev–Trinajstić information content (AvgIpc) is 2.07. The summed E-state index contributed by atoms with van der Waals surface area (Å²) in [7, 11) is 0. The van der Waals surface area contributed by atoms with E-state index in [2.05, 4.69) is 4.98 Å². The van der Waals surface area contributed by atoms with Crippen molar-refractivity contribution in [1.82, 2.24) is 4.98 Å². The van der Waals surface area contributed by atoms with Gasteiger partial charge in [-0.2, -0.15) is 0 Å². The molecule has 2 aromatic rings. The summed E-state index contributed by atoms with van der Waals surface area (Å²) in [5.74, 6) is 0.